The molecule has 0 saturated heterocycles. The molecule has 0 spiro atoms. The SMILES string of the molecule is CC(C(N)C(=O)NS(=O)(=O)c1ccc(NC(=O)Cc2ccc(Cl)c(Oc3cc(Cl)cc(C#N)c3)c2F)c(Cl)c1)S(C)(=O)=O. The molecular weight excluding hydrogens is 670 g/mol. The van der Waals surface area contributed by atoms with E-state index in [2.05, 4.69) is 5.32 Å². The van der Waals surface area contributed by atoms with E-state index in [1.807, 2.05) is 6.07 Å². The third-order valence-corrected chi connectivity index (χ3v) is 9.76. The Morgan fingerprint density at radius 2 is 1.72 bits per heavy atom. The number of hydrogen-bond acceptors (Lipinski definition) is 9. The maximum atomic E-state index is 15.3. The summed E-state index contributed by atoms with van der Waals surface area (Å²) < 4.78 is 71.1. The first kappa shape index (κ1) is 34.0. The van der Waals surface area contributed by atoms with Crippen LogP contribution in [0.25, 0.3) is 0 Å². The van der Waals surface area contributed by atoms with Crippen molar-refractivity contribution in [1.82, 2.24) is 4.72 Å². The van der Waals surface area contributed by atoms with Crippen molar-refractivity contribution in [1.29, 1.82) is 5.26 Å². The fourth-order valence-electron chi connectivity index (χ4n) is 3.48. The fourth-order valence-corrected chi connectivity index (χ4v) is 5.88. The van der Waals surface area contributed by atoms with Gasteiger partial charge in [0.15, 0.2) is 21.4 Å². The molecule has 0 fully saturated rings. The van der Waals surface area contributed by atoms with Crippen LogP contribution in [0.2, 0.25) is 15.1 Å². The van der Waals surface area contributed by atoms with Crippen LogP contribution in [0, 0.1) is 17.1 Å². The number of rotatable bonds is 10. The fraction of sp³-hybridized carbons (Fsp3) is 0.192. The molecule has 0 radical (unpaired) electrons. The van der Waals surface area contributed by atoms with Gasteiger partial charge in [-0.2, -0.15) is 5.26 Å². The molecule has 0 saturated carbocycles. The van der Waals surface area contributed by atoms with Gasteiger partial charge in [0.2, 0.25) is 5.91 Å². The molecule has 0 aliphatic rings. The van der Waals surface area contributed by atoms with Gasteiger partial charge in [0, 0.05) is 16.8 Å². The summed E-state index contributed by atoms with van der Waals surface area (Å²) in [5, 5.41) is 10.00. The normalized spacial score (nSPS) is 13.0. The zero-order chi connectivity index (χ0) is 32.3. The number of carbonyl (C=O) groups is 2. The van der Waals surface area contributed by atoms with Crippen molar-refractivity contribution >= 4 is 72.2 Å². The molecule has 0 heterocycles. The largest absolute Gasteiger partial charge is 0.453 e. The van der Waals surface area contributed by atoms with Gasteiger partial charge in [-0.15, -0.1) is 0 Å². The molecule has 43 heavy (non-hydrogen) atoms. The Kier molecular flexibility index (Phi) is 10.7. The van der Waals surface area contributed by atoms with Crippen molar-refractivity contribution in [2.24, 2.45) is 5.73 Å². The smallest absolute Gasteiger partial charge is 0.264 e. The molecule has 3 aromatic rings. The number of hydrogen-bond donors (Lipinski definition) is 3. The van der Waals surface area contributed by atoms with Gasteiger partial charge < -0.3 is 15.8 Å². The van der Waals surface area contributed by atoms with E-state index in [1.54, 1.807) is 4.72 Å². The zero-order valence-electron chi connectivity index (χ0n) is 22.2. The molecule has 2 atom stereocenters. The van der Waals surface area contributed by atoms with Crippen molar-refractivity contribution < 1.29 is 35.6 Å². The van der Waals surface area contributed by atoms with Gasteiger partial charge in [0.1, 0.15) is 11.8 Å². The third kappa shape index (κ3) is 8.56. The number of ether oxygens (including phenoxy) is 1. The molecule has 4 N–H and O–H groups in total. The maximum absolute atomic E-state index is 15.3. The second-order valence-corrected chi connectivity index (χ2v) is 14.5. The minimum Gasteiger partial charge on any atom is -0.453 e. The molecule has 3 aromatic carbocycles. The number of sulfone groups is 1. The Morgan fingerprint density at radius 3 is 2.33 bits per heavy atom. The lowest BCUT2D eigenvalue weighted by Gasteiger charge is -2.18. The number of benzene rings is 3. The average Bonchev–Trinajstić information content (AvgIpc) is 2.91. The third-order valence-electron chi connectivity index (χ3n) is 5.94. The predicted molar refractivity (Wildman–Crippen MR) is 159 cm³/mol. The monoisotopic (exact) mass is 690 g/mol. The molecule has 0 aliphatic heterocycles. The number of anilines is 1. The van der Waals surface area contributed by atoms with Crippen LogP contribution in [0.3, 0.4) is 0 Å². The van der Waals surface area contributed by atoms with Crippen molar-refractivity contribution in [2.45, 2.75) is 29.5 Å². The minimum absolute atomic E-state index is 0.0341. The summed E-state index contributed by atoms with van der Waals surface area (Å²) in [5.74, 6) is -3.31. The minimum atomic E-state index is -4.52. The number of nitrogens with one attached hydrogen (secondary N) is 2. The van der Waals surface area contributed by atoms with Crippen molar-refractivity contribution in [3.63, 3.8) is 0 Å². The van der Waals surface area contributed by atoms with E-state index in [9.17, 15) is 26.4 Å². The molecule has 228 valence electrons. The standard InChI is InChI=1S/C26H22Cl3FN4O7S2/c1-13(42(2,37)38)24(32)26(36)34-43(39,40)18-4-6-21(20(29)11-18)33-22(35)9-15-3-5-19(28)25(23(15)30)41-17-8-14(12-31)7-16(27)10-17/h3-8,10-11,13,24H,9,32H2,1-2H3,(H,33,35)(H,34,36). The summed E-state index contributed by atoms with van der Waals surface area (Å²) in [7, 11) is -8.26. The number of nitrogens with zero attached hydrogens (tertiary/aromatic N) is 1. The number of amides is 2. The van der Waals surface area contributed by atoms with Crippen molar-refractivity contribution in [2.75, 3.05) is 11.6 Å². The topological polar surface area (TPSA) is 186 Å². The first-order chi connectivity index (χ1) is 19.9. The molecule has 2 unspecified atom stereocenters. The molecule has 0 aliphatic carbocycles. The van der Waals surface area contributed by atoms with Gasteiger partial charge in [0.25, 0.3) is 15.9 Å². The van der Waals surface area contributed by atoms with Crippen molar-refractivity contribution in [3.05, 3.63) is 80.5 Å². The first-order valence-electron chi connectivity index (χ1n) is 11.9. The second-order valence-electron chi connectivity index (χ2n) is 9.14. The second kappa shape index (κ2) is 13.5. The number of nitriles is 1. The molecule has 0 aromatic heterocycles. The van der Waals surface area contributed by atoms with E-state index in [0.717, 1.165) is 31.4 Å². The van der Waals surface area contributed by atoms with Crippen LogP contribution in [0.15, 0.2) is 53.4 Å². The lowest BCUT2D eigenvalue weighted by atomic mass is 10.1. The van der Waals surface area contributed by atoms with Gasteiger partial charge in [-0.05, 0) is 49.4 Å². The van der Waals surface area contributed by atoms with E-state index < -0.39 is 65.8 Å². The van der Waals surface area contributed by atoms with Crippen LogP contribution in [-0.2, 0) is 35.9 Å². The van der Waals surface area contributed by atoms with E-state index in [1.165, 1.54) is 30.3 Å². The predicted octanol–water partition coefficient (Wildman–Crippen LogP) is 4.20. The summed E-state index contributed by atoms with van der Waals surface area (Å²) in [4.78, 5) is 24.5. The quantitative estimate of drug-likeness (QED) is 0.280. The number of sulfonamides is 1. The molecule has 3 rings (SSSR count). The van der Waals surface area contributed by atoms with Crippen LogP contribution in [0.5, 0.6) is 11.5 Å². The Hall–Kier alpha value is -3.45. The Bertz CT molecular complexity index is 1870. The highest BCUT2D eigenvalue weighted by molar-refractivity contribution is 7.91. The highest BCUT2D eigenvalue weighted by Crippen LogP contribution is 2.35. The van der Waals surface area contributed by atoms with Gasteiger partial charge in [-0.3, -0.25) is 9.59 Å². The maximum Gasteiger partial charge on any atom is 0.264 e. The average molecular weight is 692 g/mol. The van der Waals surface area contributed by atoms with Gasteiger partial charge in [0.05, 0.1) is 43.9 Å². The van der Waals surface area contributed by atoms with Crippen LogP contribution in [0.4, 0.5) is 10.1 Å². The number of halogens is 4. The van der Waals surface area contributed by atoms with Crippen LogP contribution >= 0.6 is 34.8 Å². The van der Waals surface area contributed by atoms with Crippen LogP contribution in [-0.4, -0.2) is 46.2 Å². The van der Waals surface area contributed by atoms with E-state index in [0.29, 0.717) is 0 Å². The number of nitrogens with two attached hydrogens (primary N) is 1. The highest BCUT2D eigenvalue weighted by atomic mass is 35.5. The Labute approximate surface area is 261 Å². The lowest BCUT2D eigenvalue weighted by Crippen LogP contribution is -2.51. The Morgan fingerprint density at radius 1 is 1.05 bits per heavy atom. The van der Waals surface area contributed by atoms with E-state index in [4.69, 9.17) is 50.5 Å². The highest BCUT2D eigenvalue weighted by Gasteiger charge is 2.31. The molecule has 2 amide bonds. The molecule has 0 bridgehead atoms. The van der Waals surface area contributed by atoms with Crippen LogP contribution in [0.1, 0.15) is 18.1 Å². The molecule has 11 nitrogen and oxygen atoms in total. The molecule has 17 heteroatoms. The Balaban J connectivity index is 1.75. The zero-order valence-corrected chi connectivity index (χ0v) is 26.1. The van der Waals surface area contributed by atoms with Gasteiger partial charge in [-0.1, -0.05) is 40.9 Å². The molecular formula is C26H22Cl3FN4O7S2. The first-order valence-corrected chi connectivity index (χ1v) is 16.5. The summed E-state index contributed by atoms with van der Waals surface area (Å²) >= 11 is 18.2. The van der Waals surface area contributed by atoms with Gasteiger partial charge in [-0.25, -0.2) is 25.9 Å². The van der Waals surface area contributed by atoms with Gasteiger partial charge >= 0.3 is 0 Å². The summed E-state index contributed by atoms with van der Waals surface area (Å²) in [6.07, 6.45) is 0.342. The van der Waals surface area contributed by atoms with Crippen LogP contribution < -0.4 is 20.5 Å². The lowest BCUT2D eigenvalue weighted by molar-refractivity contribution is -0.120. The van der Waals surface area contributed by atoms with E-state index in [-0.39, 0.29) is 37.6 Å². The summed E-state index contributed by atoms with van der Waals surface area (Å²) in [6, 6.07) is 9.94. The number of carbonyl (C=O) groups excluding carboxylic acids is 2. The van der Waals surface area contributed by atoms with E-state index >= 15 is 4.39 Å². The summed E-state index contributed by atoms with van der Waals surface area (Å²) in [5.41, 5.74) is 5.62. The summed E-state index contributed by atoms with van der Waals surface area (Å²) in [6.45, 7) is 1.16. The van der Waals surface area contributed by atoms with Crippen molar-refractivity contribution in [3.8, 4) is 17.6 Å².